The number of benzene rings is 1. The van der Waals surface area contributed by atoms with E-state index in [2.05, 4.69) is 37.8 Å². The van der Waals surface area contributed by atoms with Gasteiger partial charge in [0, 0.05) is 18.0 Å². The molecule has 0 radical (unpaired) electrons. The van der Waals surface area contributed by atoms with Gasteiger partial charge in [0.25, 0.3) is 5.91 Å². The number of carbonyl (C=O) groups excluding carboxylic acids is 1. The molecule has 5 atom stereocenters. The van der Waals surface area contributed by atoms with E-state index in [0.717, 1.165) is 54.7 Å². The van der Waals surface area contributed by atoms with Crippen LogP contribution < -0.4 is 0 Å². The summed E-state index contributed by atoms with van der Waals surface area (Å²) in [6.07, 6.45) is 7.78. The summed E-state index contributed by atoms with van der Waals surface area (Å²) in [6.45, 7) is 7.38. The zero-order valence-corrected chi connectivity index (χ0v) is 18.8. The molecule has 1 aromatic heterocycles. The normalized spacial score (nSPS) is 35.9. The number of carbonyl (C=O) groups is 1. The highest BCUT2D eigenvalue weighted by Crippen LogP contribution is 2.57. The van der Waals surface area contributed by atoms with Crippen molar-refractivity contribution in [3.05, 3.63) is 47.3 Å². The van der Waals surface area contributed by atoms with E-state index in [1.165, 1.54) is 12.8 Å². The second-order valence-electron chi connectivity index (χ2n) is 11.4. The maximum atomic E-state index is 14.0. The third-order valence-electron chi connectivity index (χ3n) is 8.77. The van der Waals surface area contributed by atoms with Crippen molar-refractivity contribution < 1.29 is 9.90 Å². The molecule has 3 unspecified atom stereocenters. The van der Waals surface area contributed by atoms with E-state index in [1.54, 1.807) is 6.20 Å². The summed E-state index contributed by atoms with van der Waals surface area (Å²) < 4.78 is 2.01. The van der Waals surface area contributed by atoms with Gasteiger partial charge in [-0.1, -0.05) is 32.0 Å². The van der Waals surface area contributed by atoms with Gasteiger partial charge in [0.1, 0.15) is 0 Å². The Hall–Kier alpha value is -2.14. The number of aryl methyl sites for hydroxylation is 1. The van der Waals surface area contributed by atoms with E-state index in [0.29, 0.717) is 17.8 Å². The standard InChI is InChI=1S/C26H33N3O2/c1-16-6-4-5-7-21(16)29-23-20(15-27-29)24(30)28(9-8-25(23,2)3)22-18-10-17-11-19(22)14-26(31,12-17)13-18/h4-7,15,17-19,22,31H,8-14H2,1-3H3/t17?,18-,19+,22?,26?. The van der Waals surface area contributed by atoms with Crippen LogP contribution in [0, 0.1) is 24.7 Å². The minimum absolute atomic E-state index is 0.143. The summed E-state index contributed by atoms with van der Waals surface area (Å²) in [6, 6.07) is 8.53. The van der Waals surface area contributed by atoms with Gasteiger partial charge in [-0.15, -0.1) is 0 Å². The minimum Gasteiger partial charge on any atom is -0.390 e. The molecule has 4 aliphatic carbocycles. The summed E-state index contributed by atoms with van der Waals surface area (Å²) in [5, 5.41) is 15.7. The Kier molecular flexibility index (Phi) is 4.06. The number of nitrogens with zero attached hydrogens (tertiary/aromatic N) is 3. The van der Waals surface area contributed by atoms with Gasteiger partial charge in [-0.3, -0.25) is 4.79 Å². The molecule has 5 aliphatic rings. The molecule has 5 nitrogen and oxygen atoms in total. The lowest BCUT2D eigenvalue weighted by atomic mass is 9.52. The molecule has 4 saturated carbocycles. The molecule has 7 rings (SSSR count). The Morgan fingerprint density at radius 1 is 1.10 bits per heavy atom. The number of aliphatic hydroxyl groups is 1. The average molecular weight is 420 g/mol. The lowest BCUT2D eigenvalue weighted by Crippen LogP contribution is -2.62. The first-order chi connectivity index (χ1) is 14.8. The SMILES string of the molecule is Cc1ccccc1-n1ncc2c1C(C)(C)CCN(C1[C@@H]3CC4C[C@H]1CC(O)(C4)C3)C2=O. The van der Waals surface area contributed by atoms with E-state index in [4.69, 9.17) is 5.10 Å². The van der Waals surface area contributed by atoms with Gasteiger partial charge < -0.3 is 10.0 Å². The molecular formula is C26H33N3O2. The lowest BCUT2D eigenvalue weighted by molar-refractivity contribution is -0.154. The fourth-order valence-corrected chi connectivity index (χ4v) is 7.66. The smallest absolute Gasteiger partial charge is 0.257 e. The molecule has 0 spiro atoms. The van der Waals surface area contributed by atoms with Crippen LogP contribution in [-0.4, -0.2) is 43.9 Å². The third-order valence-corrected chi connectivity index (χ3v) is 8.77. The second-order valence-corrected chi connectivity index (χ2v) is 11.4. The highest BCUT2D eigenvalue weighted by molar-refractivity contribution is 5.96. The molecule has 5 heteroatoms. The van der Waals surface area contributed by atoms with Gasteiger partial charge in [0.15, 0.2) is 0 Å². The monoisotopic (exact) mass is 419 g/mol. The first kappa shape index (κ1) is 19.5. The van der Waals surface area contributed by atoms with Crippen molar-refractivity contribution in [2.45, 2.75) is 76.4 Å². The lowest BCUT2D eigenvalue weighted by Gasteiger charge is -2.60. The Balaban J connectivity index is 1.41. The second kappa shape index (κ2) is 6.44. The van der Waals surface area contributed by atoms with Crippen molar-refractivity contribution in [3.63, 3.8) is 0 Å². The molecule has 0 saturated heterocycles. The molecule has 31 heavy (non-hydrogen) atoms. The minimum atomic E-state index is -0.470. The van der Waals surface area contributed by atoms with Gasteiger partial charge in [-0.2, -0.15) is 5.10 Å². The topological polar surface area (TPSA) is 58.4 Å². The van der Waals surface area contributed by atoms with Crippen molar-refractivity contribution in [3.8, 4) is 5.69 Å². The predicted octanol–water partition coefficient (Wildman–Crippen LogP) is 4.24. The van der Waals surface area contributed by atoms with Gasteiger partial charge in [-0.05, 0) is 74.8 Å². The summed E-state index contributed by atoms with van der Waals surface area (Å²) in [5.41, 5.74) is 3.39. The quantitative estimate of drug-likeness (QED) is 0.792. The fourth-order valence-electron chi connectivity index (χ4n) is 7.66. The van der Waals surface area contributed by atoms with E-state index in [9.17, 15) is 9.90 Å². The molecule has 2 heterocycles. The van der Waals surface area contributed by atoms with E-state index < -0.39 is 5.60 Å². The van der Waals surface area contributed by atoms with Crippen LogP contribution in [0.2, 0.25) is 0 Å². The van der Waals surface area contributed by atoms with Crippen LogP contribution in [0.3, 0.4) is 0 Å². The molecule has 164 valence electrons. The number of rotatable bonds is 2. The summed E-state index contributed by atoms with van der Waals surface area (Å²) in [7, 11) is 0. The molecule has 1 aliphatic heterocycles. The highest BCUT2D eigenvalue weighted by Gasteiger charge is 2.57. The fraction of sp³-hybridized carbons (Fsp3) is 0.615. The van der Waals surface area contributed by atoms with Crippen molar-refractivity contribution in [2.24, 2.45) is 17.8 Å². The average Bonchev–Trinajstić information content (AvgIpc) is 3.11. The molecule has 4 fully saturated rings. The summed E-state index contributed by atoms with van der Waals surface area (Å²) in [4.78, 5) is 16.2. The number of hydrogen-bond donors (Lipinski definition) is 1. The van der Waals surface area contributed by atoms with Crippen LogP contribution in [-0.2, 0) is 5.41 Å². The maximum Gasteiger partial charge on any atom is 0.257 e. The Morgan fingerprint density at radius 2 is 1.81 bits per heavy atom. The van der Waals surface area contributed by atoms with E-state index in [1.807, 2.05) is 16.8 Å². The third kappa shape index (κ3) is 2.85. The van der Waals surface area contributed by atoms with Gasteiger partial charge in [0.05, 0.1) is 28.7 Å². The van der Waals surface area contributed by atoms with Crippen molar-refractivity contribution in [1.29, 1.82) is 0 Å². The van der Waals surface area contributed by atoms with Gasteiger partial charge >= 0.3 is 0 Å². The number of para-hydroxylation sites is 1. The molecule has 1 aromatic carbocycles. The van der Waals surface area contributed by atoms with Crippen LogP contribution in [0.25, 0.3) is 5.69 Å². The molecule has 4 bridgehead atoms. The zero-order valence-electron chi connectivity index (χ0n) is 18.8. The number of hydrogen-bond acceptors (Lipinski definition) is 3. The summed E-state index contributed by atoms with van der Waals surface area (Å²) >= 11 is 0. The van der Waals surface area contributed by atoms with Crippen LogP contribution in [0.5, 0.6) is 0 Å². The predicted molar refractivity (Wildman–Crippen MR) is 119 cm³/mol. The van der Waals surface area contributed by atoms with Crippen molar-refractivity contribution in [2.75, 3.05) is 6.54 Å². The van der Waals surface area contributed by atoms with Crippen molar-refractivity contribution >= 4 is 5.91 Å². The molecule has 2 aromatic rings. The highest BCUT2D eigenvalue weighted by atomic mass is 16.3. The largest absolute Gasteiger partial charge is 0.390 e. The van der Waals surface area contributed by atoms with E-state index in [-0.39, 0.29) is 17.4 Å². The zero-order chi connectivity index (χ0) is 21.5. The van der Waals surface area contributed by atoms with Crippen LogP contribution in [0.15, 0.2) is 30.5 Å². The Bertz CT molecular complexity index is 1040. The number of fused-ring (bicyclic) bond motifs is 1. The molecular weight excluding hydrogens is 386 g/mol. The van der Waals surface area contributed by atoms with Gasteiger partial charge in [0.2, 0.25) is 0 Å². The van der Waals surface area contributed by atoms with Crippen LogP contribution >= 0.6 is 0 Å². The van der Waals surface area contributed by atoms with Crippen LogP contribution in [0.1, 0.15) is 74.0 Å². The first-order valence-corrected chi connectivity index (χ1v) is 11.9. The molecule has 1 amide bonds. The number of amides is 1. The van der Waals surface area contributed by atoms with E-state index >= 15 is 0 Å². The summed E-state index contributed by atoms with van der Waals surface area (Å²) in [5.74, 6) is 1.68. The maximum absolute atomic E-state index is 14.0. The first-order valence-electron chi connectivity index (χ1n) is 11.9. The van der Waals surface area contributed by atoms with Crippen molar-refractivity contribution in [1.82, 2.24) is 14.7 Å². The van der Waals surface area contributed by atoms with Crippen LogP contribution in [0.4, 0.5) is 0 Å². The van der Waals surface area contributed by atoms with Gasteiger partial charge in [-0.25, -0.2) is 4.68 Å². The number of aromatic nitrogens is 2. The Labute approximate surface area is 184 Å². The molecule has 1 N–H and O–H groups in total. The Morgan fingerprint density at radius 3 is 2.48 bits per heavy atom.